The van der Waals surface area contributed by atoms with Crippen molar-refractivity contribution in [3.05, 3.63) is 108 Å². The first kappa shape index (κ1) is 18.8. The van der Waals surface area contributed by atoms with Gasteiger partial charge in [0, 0.05) is 16.8 Å². The van der Waals surface area contributed by atoms with Gasteiger partial charge >= 0.3 is 0 Å². The fourth-order valence-corrected chi connectivity index (χ4v) is 4.03. The minimum atomic E-state index is -0.198. The van der Waals surface area contributed by atoms with Crippen molar-refractivity contribution in [3.8, 4) is 22.3 Å². The predicted molar refractivity (Wildman–Crippen MR) is 125 cm³/mol. The van der Waals surface area contributed by atoms with Gasteiger partial charge < -0.3 is 11.5 Å². The Morgan fingerprint density at radius 2 is 0.828 bits per heavy atom. The summed E-state index contributed by atoms with van der Waals surface area (Å²) >= 11 is 0. The highest BCUT2D eigenvalue weighted by molar-refractivity contribution is 5.75. The largest absolute Gasteiger partial charge is 0.399 e. The smallest absolute Gasteiger partial charge is 0.0314 e. The van der Waals surface area contributed by atoms with E-state index >= 15 is 0 Å². The molecular weight excluding hydrogens is 352 g/mol. The predicted octanol–water partition coefficient (Wildman–Crippen LogP) is 6.51. The molecule has 2 nitrogen and oxygen atoms in total. The molecule has 0 bridgehead atoms. The second-order valence-corrected chi connectivity index (χ2v) is 7.96. The number of benzene rings is 4. The summed E-state index contributed by atoms with van der Waals surface area (Å²) in [5.41, 5.74) is 20.5. The molecule has 4 aromatic carbocycles. The molecule has 0 saturated heterocycles. The van der Waals surface area contributed by atoms with Crippen LogP contribution in [-0.4, -0.2) is 0 Å². The highest BCUT2D eigenvalue weighted by Gasteiger charge is 2.28. The molecule has 0 spiro atoms. The Kier molecular flexibility index (Phi) is 4.85. The molecule has 0 fully saturated rings. The summed E-state index contributed by atoms with van der Waals surface area (Å²) in [6, 6.07) is 33.5. The Bertz CT molecular complexity index is 1030. The normalized spacial score (nSPS) is 11.4. The topological polar surface area (TPSA) is 52.0 Å². The van der Waals surface area contributed by atoms with Gasteiger partial charge in [0.1, 0.15) is 0 Å². The first-order valence-electron chi connectivity index (χ1n) is 9.87. The van der Waals surface area contributed by atoms with E-state index in [0.717, 1.165) is 11.4 Å². The van der Waals surface area contributed by atoms with Gasteiger partial charge in [-0.25, -0.2) is 0 Å². The van der Waals surface area contributed by atoms with E-state index in [-0.39, 0.29) is 5.41 Å². The van der Waals surface area contributed by atoms with Crippen LogP contribution < -0.4 is 11.5 Å². The monoisotopic (exact) mass is 378 g/mol. The summed E-state index contributed by atoms with van der Waals surface area (Å²) in [7, 11) is 0. The fourth-order valence-electron chi connectivity index (χ4n) is 4.03. The van der Waals surface area contributed by atoms with Crippen LogP contribution in [-0.2, 0) is 5.41 Å². The quantitative estimate of drug-likeness (QED) is 0.398. The molecule has 0 atom stereocenters. The lowest BCUT2D eigenvalue weighted by molar-refractivity contribution is 0.644. The summed E-state index contributed by atoms with van der Waals surface area (Å²) in [4.78, 5) is 0. The average Bonchev–Trinajstić information content (AvgIpc) is 2.75. The van der Waals surface area contributed by atoms with Crippen molar-refractivity contribution < 1.29 is 0 Å². The molecule has 0 amide bonds. The second-order valence-electron chi connectivity index (χ2n) is 7.96. The summed E-state index contributed by atoms with van der Waals surface area (Å²) in [5, 5.41) is 0. The average molecular weight is 379 g/mol. The van der Waals surface area contributed by atoms with Crippen molar-refractivity contribution in [2.75, 3.05) is 11.5 Å². The minimum absolute atomic E-state index is 0.198. The molecule has 4 N–H and O–H groups in total. The van der Waals surface area contributed by atoms with Gasteiger partial charge in [-0.2, -0.15) is 0 Å². The van der Waals surface area contributed by atoms with Gasteiger partial charge in [0.05, 0.1) is 0 Å². The van der Waals surface area contributed by atoms with Crippen LogP contribution in [0.2, 0.25) is 0 Å². The van der Waals surface area contributed by atoms with Crippen LogP contribution in [0.5, 0.6) is 0 Å². The zero-order chi connectivity index (χ0) is 20.4. The van der Waals surface area contributed by atoms with Crippen molar-refractivity contribution >= 4 is 11.4 Å². The van der Waals surface area contributed by atoms with Gasteiger partial charge in [0.2, 0.25) is 0 Å². The number of nitrogens with two attached hydrogens (primary N) is 2. The Hall–Kier alpha value is -3.52. The lowest BCUT2D eigenvalue weighted by Crippen LogP contribution is -2.21. The van der Waals surface area contributed by atoms with E-state index in [1.165, 1.54) is 33.4 Å². The molecule has 2 heteroatoms. The SMILES string of the molecule is CC(C)(c1ccccc1-c1ccc(N)cc1)c1ccccc1-c1ccc(N)cc1. The summed E-state index contributed by atoms with van der Waals surface area (Å²) in [6.45, 7) is 4.58. The molecule has 0 aliphatic rings. The van der Waals surface area contributed by atoms with Gasteiger partial charge in [-0.15, -0.1) is 0 Å². The standard InChI is InChI=1S/C27H26N2/c1-27(2,25-9-5-3-7-23(25)19-11-15-21(28)16-12-19)26-10-6-4-8-24(26)20-13-17-22(29)18-14-20/h3-18H,28-29H2,1-2H3. The Labute approximate surface area is 172 Å². The van der Waals surface area contributed by atoms with E-state index in [1.807, 2.05) is 24.3 Å². The van der Waals surface area contributed by atoms with E-state index < -0.39 is 0 Å². The lowest BCUT2D eigenvalue weighted by Gasteiger charge is -2.31. The van der Waals surface area contributed by atoms with Crippen molar-refractivity contribution in [2.24, 2.45) is 0 Å². The molecule has 144 valence electrons. The minimum Gasteiger partial charge on any atom is -0.399 e. The molecule has 29 heavy (non-hydrogen) atoms. The molecule has 0 aliphatic heterocycles. The van der Waals surface area contributed by atoms with E-state index in [2.05, 4.69) is 86.6 Å². The highest BCUT2D eigenvalue weighted by Crippen LogP contribution is 2.42. The van der Waals surface area contributed by atoms with Gasteiger partial charge in [-0.3, -0.25) is 0 Å². The summed E-state index contributed by atoms with van der Waals surface area (Å²) in [6.07, 6.45) is 0. The molecule has 0 radical (unpaired) electrons. The molecule has 0 heterocycles. The molecular formula is C27H26N2. The Morgan fingerprint density at radius 1 is 0.483 bits per heavy atom. The number of hydrogen-bond acceptors (Lipinski definition) is 2. The van der Waals surface area contributed by atoms with Crippen molar-refractivity contribution in [1.29, 1.82) is 0 Å². The zero-order valence-electron chi connectivity index (χ0n) is 16.9. The molecule has 0 aromatic heterocycles. The van der Waals surface area contributed by atoms with Crippen LogP contribution in [0.25, 0.3) is 22.3 Å². The molecule has 4 rings (SSSR count). The van der Waals surface area contributed by atoms with Gasteiger partial charge in [-0.05, 0) is 57.6 Å². The van der Waals surface area contributed by atoms with Crippen LogP contribution in [0.4, 0.5) is 11.4 Å². The van der Waals surface area contributed by atoms with Gasteiger partial charge in [0.25, 0.3) is 0 Å². The van der Waals surface area contributed by atoms with Crippen molar-refractivity contribution in [3.63, 3.8) is 0 Å². The number of nitrogen functional groups attached to an aromatic ring is 2. The number of hydrogen-bond donors (Lipinski definition) is 2. The van der Waals surface area contributed by atoms with Crippen LogP contribution in [0.1, 0.15) is 25.0 Å². The number of anilines is 2. The van der Waals surface area contributed by atoms with E-state index in [1.54, 1.807) is 0 Å². The van der Waals surface area contributed by atoms with Crippen LogP contribution >= 0.6 is 0 Å². The maximum atomic E-state index is 5.91. The van der Waals surface area contributed by atoms with E-state index in [9.17, 15) is 0 Å². The lowest BCUT2D eigenvalue weighted by atomic mass is 9.72. The number of rotatable bonds is 4. The van der Waals surface area contributed by atoms with Crippen LogP contribution in [0.3, 0.4) is 0 Å². The third kappa shape index (κ3) is 3.62. The van der Waals surface area contributed by atoms with Crippen molar-refractivity contribution in [2.45, 2.75) is 19.3 Å². The molecule has 0 aliphatic carbocycles. The molecule has 0 saturated carbocycles. The van der Waals surface area contributed by atoms with Crippen molar-refractivity contribution in [1.82, 2.24) is 0 Å². The highest BCUT2D eigenvalue weighted by atomic mass is 14.5. The molecule has 4 aromatic rings. The summed E-state index contributed by atoms with van der Waals surface area (Å²) < 4.78 is 0. The van der Waals surface area contributed by atoms with Crippen LogP contribution in [0, 0.1) is 0 Å². The summed E-state index contributed by atoms with van der Waals surface area (Å²) in [5.74, 6) is 0. The third-order valence-corrected chi connectivity index (χ3v) is 5.64. The second kappa shape index (κ2) is 7.48. The Balaban J connectivity index is 1.87. The van der Waals surface area contributed by atoms with Gasteiger partial charge in [-0.1, -0.05) is 86.6 Å². The first-order valence-corrected chi connectivity index (χ1v) is 9.87. The van der Waals surface area contributed by atoms with E-state index in [0.29, 0.717) is 0 Å². The maximum absolute atomic E-state index is 5.91. The zero-order valence-corrected chi connectivity index (χ0v) is 16.9. The van der Waals surface area contributed by atoms with E-state index in [4.69, 9.17) is 11.5 Å². The maximum Gasteiger partial charge on any atom is 0.0314 e. The molecule has 0 unspecified atom stereocenters. The third-order valence-electron chi connectivity index (χ3n) is 5.64. The Morgan fingerprint density at radius 3 is 1.21 bits per heavy atom. The van der Waals surface area contributed by atoms with Crippen LogP contribution in [0.15, 0.2) is 97.1 Å². The first-order chi connectivity index (χ1) is 14.0. The fraction of sp³-hybridized carbons (Fsp3) is 0.111. The van der Waals surface area contributed by atoms with Gasteiger partial charge in [0.15, 0.2) is 0 Å².